The lowest BCUT2D eigenvalue weighted by Gasteiger charge is -2.32. The zero-order valence-electron chi connectivity index (χ0n) is 13.1. The average molecular weight is 288 g/mol. The van der Waals surface area contributed by atoms with Gasteiger partial charge in [0.05, 0.1) is 11.2 Å². The first-order valence-electron chi connectivity index (χ1n) is 6.97. The maximum atomic E-state index is 10.9. The van der Waals surface area contributed by atoms with Crippen molar-refractivity contribution in [2.24, 2.45) is 0 Å². The Morgan fingerprint density at radius 3 is 2.33 bits per heavy atom. The summed E-state index contributed by atoms with van der Waals surface area (Å²) in [5, 5.41) is 2.63. The summed E-state index contributed by atoms with van der Waals surface area (Å²) in [6, 6.07) is 3.63. The second-order valence-electron chi connectivity index (χ2n) is 6.14. The zero-order chi connectivity index (χ0) is 15.7. The summed E-state index contributed by atoms with van der Waals surface area (Å²) in [7, 11) is -0.370. The number of rotatable bonds is 3. The predicted octanol–water partition coefficient (Wildman–Crippen LogP) is 2.68. The third kappa shape index (κ3) is 3.71. The lowest BCUT2D eigenvalue weighted by Crippen LogP contribution is -2.41. The molecule has 0 aromatic carbocycles. The fourth-order valence-corrected chi connectivity index (χ4v) is 1.92. The molecule has 112 valence electrons. The van der Waals surface area contributed by atoms with Crippen molar-refractivity contribution in [3.8, 4) is 0 Å². The summed E-state index contributed by atoms with van der Waals surface area (Å²) in [5.74, 6) is 2.27. The van der Waals surface area contributed by atoms with Crippen LogP contribution in [-0.4, -0.2) is 29.2 Å². The van der Waals surface area contributed by atoms with E-state index in [1.807, 2.05) is 45.8 Å². The number of nitrogens with zero attached hydrogens (tertiary/aromatic N) is 1. The highest BCUT2D eigenvalue weighted by molar-refractivity contribution is 6.52. The number of nitrogens with one attached hydrogen (secondary N) is 1. The van der Waals surface area contributed by atoms with Crippen molar-refractivity contribution >= 4 is 24.9 Å². The molecule has 1 fully saturated rings. The number of hydrogen-bond donors (Lipinski definition) is 1. The van der Waals surface area contributed by atoms with Crippen LogP contribution in [0.15, 0.2) is 24.3 Å². The van der Waals surface area contributed by atoms with Crippen LogP contribution in [0.2, 0.25) is 0 Å². The van der Waals surface area contributed by atoms with E-state index in [4.69, 9.17) is 9.31 Å². The van der Waals surface area contributed by atoms with Crippen LogP contribution in [0.25, 0.3) is 6.08 Å². The minimum absolute atomic E-state index is 0.136. The van der Waals surface area contributed by atoms with Crippen LogP contribution >= 0.6 is 0 Å². The first-order chi connectivity index (χ1) is 9.69. The first kappa shape index (κ1) is 15.7. The molecule has 6 heteroatoms. The highest BCUT2D eigenvalue weighted by Crippen LogP contribution is 2.36. The van der Waals surface area contributed by atoms with Gasteiger partial charge in [-0.15, -0.1) is 0 Å². The highest BCUT2D eigenvalue weighted by atomic mass is 16.7. The molecule has 0 unspecified atom stereocenters. The summed E-state index contributed by atoms with van der Waals surface area (Å²) >= 11 is 0. The molecule has 1 saturated heterocycles. The number of aromatic nitrogens is 1. The molecule has 0 aliphatic carbocycles. The summed E-state index contributed by atoms with van der Waals surface area (Å²) < 4.78 is 11.8. The van der Waals surface area contributed by atoms with Crippen LogP contribution in [0.5, 0.6) is 0 Å². The molecule has 1 aliphatic rings. The molecule has 5 nitrogen and oxygen atoms in total. The van der Waals surface area contributed by atoms with Crippen molar-refractivity contribution < 1.29 is 14.1 Å². The van der Waals surface area contributed by atoms with Gasteiger partial charge in [0.2, 0.25) is 5.91 Å². The van der Waals surface area contributed by atoms with Crippen molar-refractivity contribution in [2.45, 2.75) is 45.8 Å². The molecule has 1 N–H and O–H groups in total. The molecule has 21 heavy (non-hydrogen) atoms. The average Bonchev–Trinajstić information content (AvgIpc) is 2.56. The van der Waals surface area contributed by atoms with Crippen molar-refractivity contribution in [3.05, 3.63) is 29.9 Å². The SMILES string of the molecule is CC(=O)Nc1ccc(/C=C/B2OC(C)(C)C(C)(C)O2)cn1. The standard InChI is InChI=1S/C15H21BN2O3/c1-11(19)18-13-7-6-12(10-17-13)8-9-16-20-14(2,3)15(4,5)21-16/h6-10H,1-5H3,(H,17,18,19)/b9-8+. The Morgan fingerprint density at radius 1 is 1.24 bits per heavy atom. The van der Waals surface area contributed by atoms with E-state index in [-0.39, 0.29) is 24.2 Å². The normalized spacial score (nSPS) is 20.0. The highest BCUT2D eigenvalue weighted by Gasteiger charge is 2.49. The predicted molar refractivity (Wildman–Crippen MR) is 83.7 cm³/mol. The molecule has 0 atom stereocenters. The van der Waals surface area contributed by atoms with Gasteiger partial charge in [0.15, 0.2) is 0 Å². The van der Waals surface area contributed by atoms with Gasteiger partial charge in [-0.2, -0.15) is 0 Å². The van der Waals surface area contributed by atoms with Gasteiger partial charge in [-0.25, -0.2) is 4.98 Å². The van der Waals surface area contributed by atoms with Gasteiger partial charge in [0.25, 0.3) is 0 Å². The van der Waals surface area contributed by atoms with E-state index in [9.17, 15) is 4.79 Å². The molecule has 2 heterocycles. The third-order valence-electron chi connectivity index (χ3n) is 3.81. The smallest absolute Gasteiger partial charge is 0.400 e. The number of carbonyl (C=O) groups excluding carboxylic acids is 1. The van der Waals surface area contributed by atoms with Crippen LogP contribution in [0.4, 0.5) is 5.82 Å². The van der Waals surface area contributed by atoms with Gasteiger partial charge < -0.3 is 14.6 Å². The van der Waals surface area contributed by atoms with E-state index in [1.54, 1.807) is 12.3 Å². The monoisotopic (exact) mass is 288 g/mol. The van der Waals surface area contributed by atoms with Crippen molar-refractivity contribution in [1.82, 2.24) is 4.98 Å². The quantitative estimate of drug-likeness (QED) is 0.869. The van der Waals surface area contributed by atoms with Gasteiger partial charge in [0, 0.05) is 13.1 Å². The fourth-order valence-electron chi connectivity index (χ4n) is 1.92. The van der Waals surface area contributed by atoms with Crippen LogP contribution in [0.1, 0.15) is 40.2 Å². The maximum Gasteiger partial charge on any atom is 0.487 e. The van der Waals surface area contributed by atoms with Crippen LogP contribution in [0.3, 0.4) is 0 Å². The topological polar surface area (TPSA) is 60.5 Å². The van der Waals surface area contributed by atoms with Crippen LogP contribution in [-0.2, 0) is 14.1 Å². The largest absolute Gasteiger partial charge is 0.487 e. The van der Waals surface area contributed by atoms with Gasteiger partial charge in [-0.3, -0.25) is 4.79 Å². The zero-order valence-corrected chi connectivity index (χ0v) is 13.1. The van der Waals surface area contributed by atoms with E-state index in [0.717, 1.165) is 5.56 Å². The summed E-state index contributed by atoms with van der Waals surface area (Å²) in [6.45, 7) is 9.53. The molecular formula is C15H21BN2O3. The van der Waals surface area contributed by atoms with Gasteiger partial charge >= 0.3 is 7.12 Å². The van der Waals surface area contributed by atoms with E-state index in [2.05, 4.69) is 10.3 Å². The third-order valence-corrected chi connectivity index (χ3v) is 3.81. The Morgan fingerprint density at radius 2 is 1.86 bits per heavy atom. The van der Waals surface area contributed by atoms with Gasteiger partial charge in [0.1, 0.15) is 5.82 Å². The number of anilines is 1. The molecule has 0 saturated carbocycles. The number of pyridine rings is 1. The molecular weight excluding hydrogens is 267 g/mol. The molecule has 1 aromatic heterocycles. The van der Waals surface area contributed by atoms with E-state index in [1.165, 1.54) is 6.92 Å². The van der Waals surface area contributed by atoms with Crippen molar-refractivity contribution in [1.29, 1.82) is 0 Å². The van der Waals surface area contributed by atoms with Gasteiger partial charge in [-0.1, -0.05) is 12.1 Å². The number of hydrogen-bond acceptors (Lipinski definition) is 4. The molecule has 0 radical (unpaired) electrons. The Balaban J connectivity index is 2.01. The van der Waals surface area contributed by atoms with Crippen molar-refractivity contribution in [2.75, 3.05) is 5.32 Å². The van der Waals surface area contributed by atoms with Gasteiger partial charge in [-0.05, 0) is 45.4 Å². The molecule has 1 aromatic rings. The second kappa shape index (κ2) is 5.62. The lowest BCUT2D eigenvalue weighted by atomic mass is 9.89. The molecule has 2 rings (SSSR count). The second-order valence-corrected chi connectivity index (χ2v) is 6.14. The van der Waals surface area contributed by atoms with E-state index < -0.39 is 0 Å². The summed E-state index contributed by atoms with van der Waals surface area (Å²) in [6.07, 6.45) is 3.58. The fraction of sp³-hybridized carbons (Fsp3) is 0.467. The minimum Gasteiger partial charge on any atom is -0.400 e. The Bertz CT molecular complexity index is 537. The lowest BCUT2D eigenvalue weighted by molar-refractivity contribution is -0.114. The van der Waals surface area contributed by atoms with Crippen LogP contribution < -0.4 is 5.32 Å². The summed E-state index contributed by atoms with van der Waals surface area (Å²) in [5.41, 5.74) is 0.240. The molecule has 1 amide bonds. The summed E-state index contributed by atoms with van der Waals surface area (Å²) in [4.78, 5) is 15.1. The first-order valence-corrected chi connectivity index (χ1v) is 6.97. The Labute approximate surface area is 125 Å². The maximum absolute atomic E-state index is 10.9. The molecule has 0 spiro atoms. The minimum atomic E-state index is -0.370. The van der Waals surface area contributed by atoms with E-state index >= 15 is 0 Å². The van der Waals surface area contributed by atoms with E-state index in [0.29, 0.717) is 5.82 Å². The molecule has 1 aliphatic heterocycles. The van der Waals surface area contributed by atoms with Crippen LogP contribution in [0, 0.1) is 0 Å². The van der Waals surface area contributed by atoms with Crippen molar-refractivity contribution in [3.63, 3.8) is 0 Å². The Hall–Kier alpha value is -1.66. The number of carbonyl (C=O) groups is 1. The molecule has 0 bridgehead atoms. The Kier molecular flexibility index (Phi) is 4.21. The number of amides is 1.